The summed E-state index contributed by atoms with van der Waals surface area (Å²) in [5.41, 5.74) is 1.13. The molecule has 0 radical (unpaired) electrons. The van der Waals surface area contributed by atoms with E-state index < -0.39 is 5.97 Å². The molecule has 0 saturated carbocycles. The highest BCUT2D eigenvalue weighted by Crippen LogP contribution is 2.16. The molecule has 5 heteroatoms. The zero-order valence-electron chi connectivity index (χ0n) is 10.8. The van der Waals surface area contributed by atoms with Gasteiger partial charge in [-0.1, -0.05) is 23.7 Å². The lowest BCUT2D eigenvalue weighted by Crippen LogP contribution is -2.49. The van der Waals surface area contributed by atoms with Gasteiger partial charge in [0, 0.05) is 37.2 Å². The average molecular weight is 283 g/mol. The Morgan fingerprint density at radius 3 is 2.53 bits per heavy atom. The van der Waals surface area contributed by atoms with Gasteiger partial charge in [-0.3, -0.25) is 9.69 Å². The normalized spacial score (nSPS) is 18.2. The Morgan fingerprint density at radius 1 is 1.32 bits per heavy atom. The second-order valence-electron chi connectivity index (χ2n) is 4.87. The summed E-state index contributed by atoms with van der Waals surface area (Å²) in [6.07, 6.45) is 0.937. The van der Waals surface area contributed by atoms with Crippen molar-refractivity contribution >= 4 is 17.6 Å². The monoisotopic (exact) mass is 282 g/mol. The van der Waals surface area contributed by atoms with Crippen molar-refractivity contribution in [3.05, 3.63) is 34.9 Å². The summed E-state index contributed by atoms with van der Waals surface area (Å²) in [5, 5.41) is 13.1. The molecule has 1 aromatic carbocycles. The van der Waals surface area contributed by atoms with Crippen molar-refractivity contribution in [2.45, 2.75) is 18.9 Å². The number of nitrogens with one attached hydrogen (secondary N) is 1. The van der Waals surface area contributed by atoms with Gasteiger partial charge in [-0.05, 0) is 24.1 Å². The number of hydrogen-bond donors (Lipinski definition) is 2. The summed E-state index contributed by atoms with van der Waals surface area (Å²) in [7, 11) is 0. The van der Waals surface area contributed by atoms with Gasteiger partial charge in [0.1, 0.15) is 0 Å². The number of carbonyl (C=O) groups is 1. The van der Waals surface area contributed by atoms with Crippen LogP contribution in [-0.4, -0.2) is 48.2 Å². The van der Waals surface area contributed by atoms with E-state index in [1.807, 2.05) is 24.3 Å². The number of rotatable bonds is 5. The average Bonchev–Trinajstić information content (AvgIpc) is 2.41. The predicted molar refractivity (Wildman–Crippen MR) is 75.6 cm³/mol. The zero-order chi connectivity index (χ0) is 13.7. The molecule has 1 aliphatic heterocycles. The van der Waals surface area contributed by atoms with Gasteiger partial charge >= 0.3 is 5.97 Å². The van der Waals surface area contributed by atoms with E-state index in [9.17, 15) is 4.79 Å². The largest absolute Gasteiger partial charge is 0.481 e. The molecule has 104 valence electrons. The van der Waals surface area contributed by atoms with E-state index in [1.165, 1.54) is 0 Å². The Morgan fingerprint density at radius 2 is 1.95 bits per heavy atom. The quantitative estimate of drug-likeness (QED) is 0.862. The third kappa shape index (κ3) is 4.49. The Kier molecular flexibility index (Phi) is 5.19. The molecule has 1 aliphatic rings. The number of nitrogens with zero attached hydrogens (tertiary/aromatic N) is 1. The van der Waals surface area contributed by atoms with Gasteiger partial charge in [0.2, 0.25) is 0 Å². The fourth-order valence-corrected chi connectivity index (χ4v) is 2.60. The summed E-state index contributed by atoms with van der Waals surface area (Å²) < 4.78 is 0. The Balaban J connectivity index is 2.03. The van der Waals surface area contributed by atoms with Crippen molar-refractivity contribution in [1.82, 2.24) is 10.2 Å². The molecule has 0 aliphatic carbocycles. The van der Waals surface area contributed by atoms with Gasteiger partial charge in [0.15, 0.2) is 0 Å². The molecule has 1 heterocycles. The first kappa shape index (κ1) is 14.3. The minimum Gasteiger partial charge on any atom is -0.481 e. The molecule has 0 bridgehead atoms. The van der Waals surface area contributed by atoms with Crippen molar-refractivity contribution in [2.24, 2.45) is 0 Å². The van der Waals surface area contributed by atoms with Gasteiger partial charge in [-0.15, -0.1) is 0 Å². The number of halogens is 1. The number of hydrogen-bond acceptors (Lipinski definition) is 3. The zero-order valence-corrected chi connectivity index (χ0v) is 11.6. The summed E-state index contributed by atoms with van der Waals surface area (Å²) in [6, 6.07) is 7.71. The second kappa shape index (κ2) is 6.89. The predicted octanol–water partition coefficient (Wildman–Crippen LogP) is 1.63. The summed E-state index contributed by atoms with van der Waals surface area (Å²) in [6.45, 7) is 3.67. The fourth-order valence-electron chi connectivity index (χ4n) is 2.47. The highest BCUT2D eigenvalue weighted by atomic mass is 35.5. The van der Waals surface area contributed by atoms with Crippen LogP contribution < -0.4 is 5.32 Å². The first-order valence-electron chi connectivity index (χ1n) is 6.56. The van der Waals surface area contributed by atoms with E-state index in [4.69, 9.17) is 16.7 Å². The Hall–Kier alpha value is -1.10. The molecule has 19 heavy (non-hydrogen) atoms. The van der Waals surface area contributed by atoms with Crippen LogP contribution in [0.4, 0.5) is 0 Å². The fraction of sp³-hybridized carbons (Fsp3) is 0.500. The minimum atomic E-state index is -0.738. The molecule has 1 atom stereocenters. The first-order valence-corrected chi connectivity index (χ1v) is 6.94. The number of aliphatic carboxylic acids is 1. The number of carboxylic acids is 1. The topological polar surface area (TPSA) is 52.6 Å². The maximum Gasteiger partial charge on any atom is 0.304 e. The summed E-state index contributed by atoms with van der Waals surface area (Å²) in [5.74, 6) is -0.738. The molecule has 2 rings (SSSR count). The molecule has 1 saturated heterocycles. The lowest BCUT2D eigenvalue weighted by molar-refractivity contribution is -0.138. The first-order chi connectivity index (χ1) is 9.15. The maximum atomic E-state index is 11.0. The van der Waals surface area contributed by atoms with Crippen LogP contribution in [0.25, 0.3) is 0 Å². The van der Waals surface area contributed by atoms with Gasteiger partial charge in [0.05, 0.1) is 6.42 Å². The van der Waals surface area contributed by atoms with Crippen LogP contribution in [0.15, 0.2) is 24.3 Å². The van der Waals surface area contributed by atoms with Crippen LogP contribution in [0.2, 0.25) is 5.02 Å². The van der Waals surface area contributed by atoms with E-state index >= 15 is 0 Å². The number of piperazine rings is 1. The lowest BCUT2D eigenvalue weighted by atomic mass is 10.0. The highest BCUT2D eigenvalue weighted by molar-refractivity contribution is 6.30. The van der Waals surface area contributed by atoms with E-state index in [0.717, 1.165) is 38.2 Å². The molecular weight excluding hydrogens is 264 g/mol. The minimum absolute atomic E-state index is 0.0563. The van der Waals surface area contributed by atoms with Crippen molar-refractivity contribution in [1.29, 1.82) is 0 Å². The van der Waals surface area contributed by atoms with E-state index in [0.29, 0.717) is 5.02 Å². The summed E-state index contributed by atoms with van der Waals surface area (Å²) >= 11 is 5.87. The van der Waals surface area contributed by atoms with E-state index in [2.05, 4.69) is 10.2 Å². The Bertz CT molecular complexity index is 416. The van der Waals surface area contributed by atoms with E-state index in [1.54, 1.807) is 0 Å². The number of carboxylic acid groups (broad SMARTS) is 1. The van der Waals surface area contributed by atoms with Gasteiger partial charge in [-0.2, -0.15) is 0 Å². The van der Waals surface area contributed by atoms with Crippen LogP contribution in [0, 0.1) is 0 Å². The molecule has 0 spiro atoms. The van der Waals surface area contributed by atoms with Crippen molar-refractivity contribution in [3.63, 3.8) is 0 Å². The summed E-state index contributed by atoms with van der Waals surface area (Å²) in [4.78, 5) is 13.3. The maximum absolute atomic E-state index is 11.0. The smallest absolute Gasteiger partial charge is 0.304 e. The third-order valence-corrected chi connectivity index (χ3v) is 3.71. The van der Waals surface area contributed by atoms with Crippen LogP contribution in [-0.2, 0) is 11.2 Å². The van der Waals surface area contributed by atoms with Crippen LogP contribution in [0.3, 0.4) is 0 Å². The standard InChI is InChI=1S/C14H19ClN2O2/c15-12-3-1-11(2-4-12)9-13(10-14(18)19)17-7-5-16-6-8-17/h1-4,13,16H,5-10H2,(H,18,19). The molecule has 1 unspecified atom stereocenters. The van der Waals surface area contributed by atoms with E-state index in [-0.39, 0.29) is 12.5 Å². The van der Waals surface area contributed by atoms with Crippen molar-refractivity contribution in [3.8, 4) is 0 Å². The molecule has 0 aromatic heterocycles. The highest BCUT2D eigenvalue weighted by Gasteiger charge is 2.23. The SMILES string of the molecule is O=C(O)CC(Cc1ccc(Cl)cc1)N1CCNCC1. The molecule has 4 nitrogen and oxygen atoms in total. The molecule has 2 N–H and O–H groups in total. The van der Waals surface area contributed by atoms with Gasteiger partial charge in [0.25, 0.3) is 0 Å². The van der Waals surface area contributed by atoms with Crippen molar-refractivity contribution in [2.75, 3.05) is 26.2 Å². The molecule has 1 aromatic rings. The van der Waals surface area contributed by atoms with Crippen LogP contribution in [0.1, 0.15) is 12.0 Å². The van der Waals surface area contributed by atoms with Crippen molar-refractivity contribution < 1.29 is 9.90 Å². The lowest BCUT2D eigenvalue weighted by Gasteiger charge is -2.34. The van der Waals surface area contributed by atoms with Gasteiger partial charge in [-0.25, -0.2) is 0 Å². The number of benzene rings is 1. The van der Waals surface area contributed by atoms with Crippen LogP contribution in [0.5, 0.6) is 0 Å². The van der Waals surface area contributed by atoms with Crippen LogP contribution >= 0.6 is 11.6 Å². The molecule has 1 fully saturated rings. The molecule has 0 amide bonds. The third-order valence-electron chi connectivity index (χ3n) is 3.46. The van der Waals surface area contributed by atoms with Gasteiger partial charge < -0.3 is 10.4 Å². The Labute approximate surface area is 118 Å². The molecular formula is C14H19ClN2O2. The second-order valence-corrected chi connectivity index (χ2v) is 5.30.